The maximum Gasteiger partial charge on any atom is 0.142 e. The van der Waals surface area contributed by atoms with Crippen molar-refractivity contribution >= 4 is 21.4 Å². The lowest BCUT2D eigenvalue weighted by Gasteiger charge is -1.98. The summed E-state index contributed by atoms with van der Waals surface area (Å²) in [6.07, 6.45) is 0. The molecule has 3 aromatic rings. The third kappa shape index (κ3) is 1.65. The molecule has 0 aliphatic heterocycles. The highest BCUT2D eigenvalue weighted by atomic mass is 32.1. The fraction of sp³-hybridized carbons (Fsp3) is 0. The number of phenolic OH excluding ortho intramolecular Hbond substituents is 1. The Balaban J connectivity index is 2.24. The number of rotatable bonds is 1. The van der Waals surface area contributed by atoms with Gasteiger partial charge in [-0.25, -0.2) is 0 Å². The zero-order valence-corrected chi connectivity index (χ0v) is 9.74. The van der Waals surface area contributed by atoms with Gasteiger partial charge < -0.3 is 10.2 Å². The molecule has 0 aliphatic rings. The molecule has 3 rings (SSSR count). The first-order valence-electron chi connectivity index (χ1n) is 5.25. The zero-order valence-electron chi connectivity index (χ0n) is 8.92. The van der Waals surface area contributed by atoms with Gasteiger partial charge in [-0.1, -0.05) is 12.1 Å². The van der Waals surface area contributed by atoms with Crippen LogP contribution in [0.1, 0.15) is 0 Å². The van der Waals surface area contributed by atoms with E-state index in [2.05, 4.69) is 0 Å². The molecule has 0 amide bonds. The van der Waals surface area contributed by atoms with Gasteiger partial charge in [-0.15, -0.1) is 11.3 Å². The number of hydrogen-bond acceptors (Lipinski definition) is 3. The van der Waals surface area contributed by atoms with Gasteiger partial charge in [-0.2, -0.15) is 0 Å². The normalized spacial score (nSPS) is 10.8. The van der Waals surface area contributed by atoms with Gasteiger partial charge >= 0.3 is 0 Å². The number of hydrogen-bond donors (Lipinski definition) is 2. The first-order valence-corrected chi connectivity index (χ1v) is 6.07. The van der Waals surface area contributed by atoms with Gasteiger partial charge in [0.1, 0.15) is 11.5 Å². The summed E-state index contributed by atoms with van der Waals surface area (Å²) < 4.78 is 1.06. The van der Waals surface area contributed by atoms with Crippen molar-refractivity contribution in [2.45, 2.75) is 0 Å². The fourth-order valence-electron chi connectivity index (χ4n) is 1.84. The van der Waals surface area contributed by atoms with Crippen LogP contribution >= 0.6 is 11.3 Å². The van der Waals surface area contributed by atoms with E-state index < -0.39 is 0 Å². The maximum absolute atomic E-state index is 10.2. The third-order valence-electron chi connectivity index (χ3n) is 2.70. The second-order valence-electron chi connectivity index (χ2n) is 3.82. The lowest BCUT2D eigenvalue weighted by molar-refractivity contribution is 0.475. The molecule has 0 aliphatic carbocycles. The van der Waals surface area contributed by atoms with E-state index in [1.54, 1.807) is 35.6 Å². The highest BCUT2D eigenvalue weighted by Gasteiger charge is 2.12. The Hall–Kier alpha value is -2.00. The topological polar surface area (TPSA) is 40.5 Å². The molecule has 0 spiro atoms. The van der Waals surface area contributed by atoms with Crippen LogP contribution in [0.15, 0.2) is 48.5 Å². The summed E-state index contributed by atoms with van der Waals surface area (Å²) in [6, 6.07) is 14.6. The number of thiophene rings is 1. The summed E-state index contributed by atoms with van der Waals surface area (Å²) in [6.45, 7) is 0. The highest BCUT2D eigenvalue weighted by molar-refractivity contribution is 7.22. The quantitative estimate of drug-likeness (QED) is 0.677. The minimum Gasteiger partial charge on any atom is -0.508 e. The average Bonchev–Trinajstić information content (AvgIpc) is 2.69. The molecule has 0 bridgehead atoms. The predicted molar refractivity (Wildman–Crippen MR) is 70.6 cm³/mol. The highest BCUT2D eigenvalue weighted by Crippen LogP contribution is 2.43. The smallest absolute Gasteiger partial charge is 0.142 e. The van der Waals surface area contributed by atoms with E-state index in [1.165, 1.54) is 0 Å². The van der Waals surface area contributed by atoms with Crippen LogP contribution in [0, 0.1) is 0 Å². The van der Waals surface area contributed by atoms with Crippen molar-refractivity contribution in [3.63, 3.8) is 0 Å². The van der Waals surface area contributed by atoms with Crippen molar-refractivity contribution in [3.05, 3.63) is 48.5 Å². The molecule has 0 saturated carbocycles. The standard InChI is InChI=1S/C14H10O2S/c15-10-7-5-9(6-8-10)14-13(16)11-3-1-2-4-12(11)17-14/h1-8,15-16H. The van der Waals surface area contributed by atoms with Crippen LogP contribution < -0.4 is 0 Å². The van der Waals surface area contributed by atoms with Gasteiger partial charge in [0, 0.05) is 10.1 Å². The summed E-state index contributed by atoms with van der Waals surface area (Å²) in [5.41, 5.74) is 0.918. The molecule has 0 atom stereocenters. The SMILES string of the molecule is Oc1ccc(-c2sc3ccccc3c2O)cc1. The van der Waals surface area contributed by atoms with Crippen molar-refractivity contribution in [2.75, 3.05) is 0 Å². The second kappa shape index (κ2) is 3.79. The van der Waals surface area contributed by atoms with E-state index in [1.807, 2.05) is 24.3 Å². The molecular formula is C14H10O2S. The zero-order chi connectivity index (χ0) is 11.8. The minimum absolute atomic E-state index is 0.231. The molecule has 17 heavy (non-hydrogen) atoms. The molecule has 0 saturated heterocycles. The molecule has 0 radical (unpaired) electrons. The summed E-state index contributed by atoms with van der Waals surface area (Å²) in [4.78, 5) is 0.839. The number of benzene rings is 2. The van der Waals surface area contributed by atoms with E-state index in [-0.39, 0.29) is 5.75 Å². The second-order valence-corrected chi connectivity index (χ2v) is 4.88. The van der Waals surface area contributed by atoms with E-state index in [0.29, 0.717) is 5.75 Å². The van der Waals surface area contributed by atoms with Crippen molar-refractivity contribution in [3.8, 4) is 21.9 Å². The maximum atomic E-state index is 10.2. The van der Waals surface area contributed by atoms with Crippen LogP contribution in [-0.2, 0) is 0 Å². The molecule has 2 aromatic carbocycles. The Morgan fingerprint density at radius 2 is 1.53 bits per heavy atom. The van der Waals surface area contributed by atoms with Gasteiger partial charge in [0.2, 0.25) is 0 Å². The predicted octanol–water partition coefficient (Wildman–Crippen LogP) is 3.98. The monoisotopic (exact) mass is 242 g/mol. The van der Waals surface area contributed by atoms with E-state index in [9.17, 15) is 10.2 Å². The van der Waals surface area contributed by atoms with Crippen LogP contribution in [-0.4, -0.2) is 10.2 Å². The van der Waals surface area contributed by atoms with Crippen LogP contribution in [0.25, 0.3) is 20.5 Å². The minimum atomic E-state index is 0.231. The first kappa shape index (κ1) is 10.2. The van der Waals surface area contributed by atoms with Gasteiger partial charge in [-0.05, 0) is 42.0 Å². The lowest BCUT2D eigenvalue weighted by Crippen LogP contribution is -1.72. The molecular weight excluding hydrogens is 232 g/mol. The van der Waals surface area contributed by atoms with Gasteiger partial charge in [0.25, 0.3) is 0 Å². The van der Waals surface area contributed by atoms with Crippen LogP contribution in [0.4, 0.5) is 0 Å². The fourth-order valence-corrected chi connectivity index (χ4v) is 2.94. The summed E-state index contributed by atoms with van der Waals surface area (Å²) in [5.74, 6) is 0.547. The van der Waals surface area contributed by atoms with Gasteiger partial charge in [0.15, 0.2) is 0 Å². The molecule has 0 unspecified atom stereocenters. The first-order chi connectivity index (χ1) is 8.25. The Kier molecular flexibility index (Phi) is 2.27. The lowest BCUT2D eigenvalue weighted by atomic mass is 10.1. The third-order valence-corrected chi connectivity index (χ3v) is 3.91. The van der Waals surface area contributed by atoms with Crippen molar-refractivity contribution in [2.24, 2.45) is 0 Å². The molecule has 2 nitrogen and oxygen atoms in total. The average molecular weight is 242 g/mol. The Labute approximate surface area is 102 Å². The van der Waals surface area contributed by atoms with Crippen LogP contribution in [0.3, 0.4) is 0 Å². The molecule has 1 aromatic heterocycles. The Bertz CT molecular complexity index is 668. The molecule has 1 heterocycles. The summed E-state index contributed by atoms with van der Waals surface area (Å²) in [7, 11) is 0. The number of aromatic hydroxyl groups is 2. The Morgan fingerprint density at radius 1 is 0.824 bits per heavy atom. The molecule has 84 valence electrons. The van der Waals surface area contributed by atoms with E-state index >= 15 is 0 Å². The van der Waals surface area contributed by atoms with E-state index in [4.69, 9.17) is 0 Å². The van der Waals surface area contributed by atoms with Crippen LogP contribution in [0.2, 0.25) is 0 Å². The van der Waals surface area contributed by atoms with Crippen LogP contribution in [0.5, 0.6) is 11.5 Å². The van der Waals surface area contributed by atoms with Gasteiger partial charge in [0.05, 0.1) is 4.88 Å². The van der Waals surface area contributed by atoms with Crippen molar-refractivity contribution in [1.29, 1.82) is 0 Å². The van der Waals surface area contributed by atoms with E-state index in [0.717, 1.165) is 20.5 Å². The Morgan fingerprint density at radius 3 is 2.24 bits per heavy atom. The largest absolute Gasteiger partial charge is 0.508 e. The summed E-state index contributed by atoms with van der Waals surface area (Å²) in [5, 5.41) is 20.3. The number of phenols is 1. The molecule has 3 heteroatoms. The van der Waals surface area contributed by atoms with Crippen molar-refractivity contribution < 1.29 is 10.2 Å². The molecule has 0 fully saturated rings. The number of fused-ring (bicyclic) bond motifs is 1. The molecule has 2 N–H and O–H groups in total. The van der Waals surface area contributed by atoms with Gasteiger partial charge in [-0.3, -0.25) is 0 Å². The van der Waals surface area contributed by atoms with Crippen molar-refractivity contribution in [1.82, 2.24) is 0 Å². The summed E-state index contributed by atoms with van der Waals surface area (Å²) >= 11 is 1.55.